The minimum Gasteiger partial charge on any atom is -0.495 e. The second kappa shape index (κ2) is 7.80. The Hall–Kier alpha value is -3.21. The van der Waals surface area contributed by atoms with Gasteiger partial charge in [0, 0.05) is 55.2 Å². The minimum absolute atomic E-state index is 0.0667. The molecule has 0 aliphatic carbocycles. The van der Waals surface area contributed by atoms with Gasteiger partial charge in [0.25, 0.3) is 0 Å². The summed E-state index contributed by atoms with van der Waals surface area (Å²) in [4.78, 5) is 12.3. The normalized spacial score (nSPS) is 11.2. The van der Waals surface area contributed by atoms with E-state index in [9.17, 15) is 4.79 Å². The van der Waals surface area contributed by atoms with Crippen molar-refractivity contribution in [1.82, 2.24) is 14.5 Å². The molecule has 0 aliphatic rings. The number of carbonyl (C=O) groups is 1. The number of nitrogens with zero attached hydrogens (tertiary/aromatic N) is 2. The molecule has 0 bridgehead atoms. The predicted octanol–water partition coefficient (Wildman–Crippen LogP) is 3.89. The van der Waals surface area contributed by atoms with E-state index >= 15 is 0 Å². The van der Waals surface area contributed by atoms with Crippen LogP contribution in [0, 0.1) is 0 Å². The zero-order chi connectivity index (χ0) is 19.5. The second-order valence-corrected chi connectivity index (χ2v) is 7.04. The maximum Gasteiger partial charge on any atom is 0.221 e. The van der Waals surface area contributed by atoms with E-state index in [0.717, 1.165) is 23.1 Å². The number of amides is 1. The van der Waals surface area contributed by atoms with Crippen molar-refractivity contribution in [2.24, 2.45) is 7.05 Å². The molecule has 2 aromatic carbocycles. The van der Waals surface area contributed by atoms with Crippen LogP contribution in [0.2, 0.25) is 0 Å². The molecule has 1 amide bonds. The van der Waals surface area contributed by atoms with Crippen molar-refractivity contribution >= 4 is 27.7 Å². The van der Waals surface area contributed by atoms with E-state index in [-0.39, 0.29) is 5.91 Å². The Kier molecular flexibility index (Phi) is 5.06. The van der Waals surface area contributed by atoms with Gasteiger partial charge in [0.1, 0.15) is 5.75 Å². The molecule has 5 nitrogen and oxygen atoms in total. The van der Waals surface area contributed by atoms with Crippen LogP contribution in [0.5, 0.6) is 5.75 Å². The van der Waals surface area contributed by atoms with Crippen molar-refractivity contribution in [2.45, 2.75) is 19.4 Å². The number of hydrogen-bond donors (Lipinski definition) is 1. The Labute approximate surface area is 164 Å². The van der Waals surface area contributed by atoms with Crippen molar-refractivity contribution in [2.75, 3.05) is 13.7 Å². The lowest BCUT2D eigenvalue weighted by molar-refractivity contribution is -0.121. The molecule has 0 spiro atoms. The lowest BCUT2D eigenvalue weighted by Crippen LogP contribution is -2.26. The highest BCUT2D eigenvalue weighted by atomic mass is 16.5. The van der Waals surface area contributed by atoms with Crippen LogP contribution in [0.15, 0.2) is 60.9 Å². The monoisotopic (exact) mass is 375 g/mol. The number of carbonyl (C=O) groups excluding carboxylic acids is 1. The molecular weight excluding hydrogens is 350 g/mol. The Balaban J connectivity index is 1.34. The van der Waals surface area contributed by atoms with Crippen molar-refractivity contribution < 1.29 is 9.53 Å². The van der Waals surface area contributed by atoms with E-state index in [0.29, 0.717) is 19.5 Å². The minimum atomic E-state index is 0.0667. The Morgan fingerprint density at radius 1 is 1.11 bits per heavy atom. The standard InChI is InChI=1S/C23H25N3O2/c1-25-16-18(19-7-3-4-8-20(19)25)10-13-24-22(27)12-15-26-14-11-17-6-5-9-21(28-2)23(17)26/h3-9,11,14,16H,10,12-13,15H2,1-2H3,(H,24,27). The summed E-state index contributed by atoms with van der Waals surface area (Å²) < 4.78 is 9.68. The van der Waals surface area contributed by atoms with E-state index in [1.165, 1.54) is 16.5 Å². The molecule has 0 unspecified atom stereocenters. The molecule has 0 atom stereocenters. The summed E-state index contributed by atoms with van der Waals surface area (Å²) in [6.45, 7) is 1.27. The van der Waals surface area contributed by atoms with E-state index < -0.39 is 0 Å². The van der Waals surface area contributed by atoms with E-state index in [1.807, 2.05) is 24.4 Å². The average Bonchev–Trinajstić information content (AvgIpc) is 3.28. The zero-order valence-electron chi connectivity index (χ0n) is 16.3. The SMILES string of the molecule is COc1cccc2ccn(CCC(=O)NCCc3cn(C)c4ccccc34)c12. The number of fused-ring (bicyclic) bond motifs is 2. The molecule has 144 valence electrons. The maximum atomic E-state index is 12.3. The molecule has 2 heterocycles. The molecule has 0 fully saturated rings. The summed E-state index contributed by atoms with van der Waals surface area (Å²) in [6.07, 6.45) is 5.43. The molecule has 5 heteroatoms. The first-order valence-electron chi connectivity index (χ1n) is 9.59. The van der Waals surface area contributed by atoms with Crippen molar-refractivity contribution in [3.63, 3.8) is 0 Å². The molecule has 28 heavy (non-hydrogen) atoms. The fourth-order valence-electron chi connectivity index (χ4n) is 3.85. The number of rotatable bonds is 7. The van der Waals surface area contributed by atoms with Gasteiger partial charge >= 0.3 is 0 Å². The highest BCUT2D eigenvalue weighted by Gasteiger charge is 2.10. The van der Waals surface area contributed by atoms with Crippen LogP contribution < -0.4 is 10.1 Å². The first-order valence-corrected chi connectivity index (χ1v) is 9.59. The van der Waals surface area contributed by atoms with E-state index in [4.69, 9.17) is 4.74 Å². The first kappa shape index (κ1) is 18.2. The smallest absolute Gasteiger partial charge is 0.221 e. The van der Waals surface area contributed by atoms with Crippen LogP contribution >= 0.6 is 0 Å². The highest BCUT2D eigenvalue weighted by Crippen LogP contribution is 2.26. The first-order chi connectivity index (χ1) is 13.7. The van der Waals surface area contributed by atoms with Gasteiger partial charge in [0.2, 0.25) is 5.91 Å². The van der Waals surface area contributed by atoms with Gasteiger partial charge in [-0.1, -0.05) is 30.3 Å². The molecule has 0 radical (unpaired) electrons. The Morgan fingerprint density at radius 3 is 2.82 bits per heavy atom. The summed E-state index contributed by atoms with van der Waals surface area (Å²) >= 11 is 0. The fourth-order valence-corrected chi connectivity index (χ4v) is 3.85. The Bertz CT molecular complexity index is 1120. The van der Waals surface area contributed by atoms with Gasteiger partial charge in [-0.25, -0.2) is 0 Å². The highest BCUT2D eigenvalue weighted by molar-refractivity contribution is 5.86. The number of aryl methyl sites for hydroxylation is 2. The molecule has 4 aromatic rings. The second-order valence-electron chi connectivity index (χ2n) is 7.04. The van der Waals surface area contributed by atoms with Crippen LogP contribution in [-0.4, -0.2) is 28.7 Å². The topological polar surface area (TPSA) is 48.2 Å². The van der Waals surface area contributed by atoms with Gasteiger partial charge in [-0.15, -0.1) is 0 Å². The van der Waals surface area contributed by atoms with Crippen molar-refractivity contribution in [3.8, 4) is 5.75 Å². The van der Waals surface area contributed by atoms with Crippen LogP contribution in [0.3, 0.4) is 0 Å². The van der Waals surface area contributed by atoms with Gasteiger partial charge in [0.15, 0.2) is 0 Å². The molecule has 1 N–H and O–H groups in total. The number of ether oxygens (including phenoxy) is 1. The molecule has 0 aliphatic heterocycles. The number of para-hydroxylation sites is 2. The van der Waals surface area contributed by atoms with E-state index in [2.05, 4.69) is 58.0 Å². The number of nitrogens with one attached hydrogen (secondary N) is 1. The summed E-state index contributed by atoms with van der Waals surface area (Å²) in [5.74, 6) is 0.899. The van der Waals surface area contributed by atoms with Gasteiger partial charge in [0.05, 0.1) is 12.6 Å². The Morgan fingerprint density at radius 2 is 1.96 bits per heavy atom. The lowest BCUT2D eigenvalue weighted by atomic mass is 10.1. The van der Waals surface area contributed by atoms with Gasteiger partial charge < -0.3 is 19.2 Å². The molecule has 2 aromatic heterocycles. The van der Waals surface area contributed by atoms with E-state index in [1.54, 1.807) is 7.11 Å². The maximum absolute atomic E-state index is 12.3. The largest absolute Gasteiger partial charge is 0.495 e. The zero-order valence-corrected chi connectivity index (χ0v) is 16.3. The van der Waals surface area contributed by atoms with Crippen LogP contribution in [0.1, 0.15) is 12.0 Å². The number of aromatic nitrogens is 2. The quantitative estimate of drug-likeness (QED) is 0.533. The van der Waals surface area contributed by atoms with Gasteiger partial charge in [-0.3, -0.25) is 4.79 Å². The van der Waals surface area contributed by atoms with Crippen molar-refractivity contribution in [1.29, 1.82) is 0 Å². The third-order valence-electron chi connectivity index (χ3n) is 5.25. The fraction of sp³-hybridized carbons (Fsp3) is 0.261. The van der Waals surface area contributed by atoms with Gasteiger partial charge in [-0.05, 0) is 30.2 Å². The summed E-state index contributed by atoms with van der Waals surface area (Å²) in [6, 6.07) is 16.4. The third kappa shape index (κ3) is 3.48. The molecule has 0 saturated carbocycles. The third-order valence-corrected chi connectivity index (χ3v) is 5.25. The molecule has 0 saturated heterocycles. The number of benzene rings is 2. The lowest BCUT2D eigenvalue weighted by Gasteiger charge is -2.09. The van der Waals surface area contributed by atoms with Crippen LogP contribution in [-0.2, 0) is 24.8 Å². The summed E-state index contributed by atoms with van der Waals surface area (Å²) in [5, 5.41) is 5.43. The average molecular weight is 375 g/mol. The van der Waals surface area contributed by atoms with Crippen molar-refractivity contribution in [3.05, 3.63) is 66.5 Å². The van der Waals surface area contributed by atoms with Crippen LogP contribution in [0.25, 0.3) is 21.8 Å². The molecule has 4 rings (SSSR count). The molecular formula is C23H25N3O2. The summed E-state index contributed by atoms with van der Waals surface area (Å²) in [7, 11) is 3.73. The summed E-state index contributed by atoms with van der Waals surface area (Å²) in [5.41, 5.74) is 3.52. The van der Waals surface area contributed by atoms with Gasteiger partial charge in [-0.2, -0.15) is 0 Å². The van der Waals surface area contributed by atoms with Crippen LogP contribution in [0.4, 0.5) is 0 Å². The number of hydrogen-bond acceptors (Lipinski definition) is 2. The number of methoxy groups -OCH3 is 1. The predicted molar refractivity (Wildman–Crippen MR) is 113 cm³/mol.